The standard InChI is InChI=1S/C21H21ClN2O4/c1-12-7-15(8-13(2)20(12)22)28-11-19(25)24-18(21(26)27)9-14-10-23-17-6-4-3-5-16(14)17/h3-8,10,18,23H,9,11H2,1-2H3,(H,24,25)(H,26,27)/p-1/t18-/m0/s1. The number of H-pyrrole nitrogens is 1. The lowest BCUT2D eigenvalue weighted by Crippen LogP contribution is -2.50. The molecule has 0 aliphatic heterocycles. The number of carbonyl (C=O) groups excluding carboxylic acids is 2. The van der Waals surface area contributed by atoms with E-state index < -0.39 is 17.9 Å². The molecule has 0 spiro atoms. The number of carboxylic acid groups (broad SMARTS) is 1. The number of para-hydroxylation sites is 1. The van der Waals surface area contributed by atoms with E-state index in [4.69, 9.17) is 16.3 Å². The summed E-state index contributed by atoms with van der Waals surface area (Å²) in [5, 5.41) is 15.5. The van der Waals surface area contributed by atoms with Crippen LogP contribution in [-0.4, -0.2) is 29.5 Å². The number of nitrogens with one attached hydrogen (secondary N) is 2. The Bertz CT molecular complexity index is 1010. The molecule has 0 unspecified atom stereocenters. The third-order valence-electron chi connectivity index (χ3n) is 4.50. The number of ether oxygens (including phenoxy) is 1. The highest BCUT2D eigenvalue weighted by atomic mass is 35.5. The molecule has 0 fully saturated rings. The highest BCUT2D eigenvalue weighted by Crippen LogP contribution is 2.25. The molecule has 0 radical (unpaired) electrons. The minimum Gasteiger partial charge on any atom is -0.548 e. The van der Waals surface area contributed by atoms with Gasteiger partial charge in [0.05, 0.1) is 12.0 Å². The quantitative estimate of drug-likeness (QED) is 0.637. The number of carboxylic acids is 1. The monoisotopic (exact) mass is 399 g/mol. The summed E-state index contributed by atoms with van der Waals surface area (Å²) in [6.45, 7) is 3.38. The molecule has 28 heavy (non-hydrogen) atoms. The molecule has 1 amide bonds. The Labute approximate surface area is 167 Å². The summed E-state index contributed by atoms with van der Waals surface area (Å²) in [7, 11) is 0. The van der Waals surface area contributed by atoms with Gasteiger partial charge in [-0.1, -0.05) is 29.8 Å². The second-order valence-corrected chi connectivity index (χ2v) is 7.04. The van der Waals surface area contributed by atoms with E-state index in [1.807, 2.05) is 38.1 Å². The van der Waals surface area contributed by atoms with Crippen LogP contribution in [0.3, 0.4) is 0 Å². The predicted octanol–water partition coefficient (Wildman–Crippen LogP) is 2.29. The Balaban J connectivity index is 1.64. The molecule has 1 heterocycles. The highest BCUT2D eigenvalue weighted by Gasteiger charge is 2.17. The van der Waals surface area contributed by atoms with E-state index >= 15 is 0 Å². The average Bonchev–Trinajstić information content (AvgIpc) is 3.06. The summed E-state index contributed by atoms with van der Waals surface area (Å²) in [6, 6.07) is 9.84. The summed E-state index contributed by atoms with van der Waals surface area (Å²) in [4.78, 5) is 26.8. The van der Waals surface area contributed by atoms with Crippen LogP contribution in [0.25, 0.3) is 10.9 Å². The molecule has 1 aromatic heterocycles. The number of aromatic amines is 1. The first-order valence-corrected chi connectivity index (χ1v) is 9.17. The first-order chi connectivity index (χ1) is 13.3. The van der Waals surface area contributed by atoms with Crippen LogP contribution in [0.5, 0.6) is 5.75 Å². The smallest absolute Gasteiger partial charge is 0.258 e. The van der Waals surface area contributed by atoms with E-state index in [-0.39, 0.29) is 13.0 Å². The zero-order valence-electron chi connectivity index (χ0n) is 15.5. The van der Waals surface area contributed by atoms with Crippen molar-refractivity contribution in [3.05, 3.63) is 64.3 Å². The second-order valence-electron chi connectivity index (χ2n) is 6.66. The van der Waals surface area contributed by atoms with Crippen LogP contribution in [0.4, 0.5) is 0 Å². The number of amides is 1. The number of aromatic nitrogens is 1. The van der Waals surface area contributed by atoms with Crippen molar-refractivity contribution in [3.8, 4) is 5.75 Å². The van der Waals surface area contributed by atoms with Crippen molar-refractivity contribution < 1.29 is 19.4 Å². The Morgan fingerprint density at radius 2 is 1.89 bits per heavy atom. The first-order valence-electron chi connectivity index (χ1n) is 8.80. The maximum atomic E-state index is 12.2. The van der Waals surface area contributed by atoms with Crippen molar-refractivity contribution in [2.45, 2.75) is 26.3 Å². The highest BCUT2D eigenvalue weighted by molar-refractivity contribution is 6.32. The molecule has 0 aliphatic carbocycles. The maximum absolute atomic E-state index is 12.2. The molecule has 7 heteroatoms. The van der Waals surface area contributed by atoms with Gasteiger partial charge >= 0.3 is 0 Å². The fourth-order valence-corrected chi connectivity index (χ4v) is 3.20. The SMILES string of the molecule is Cc1cc(OCC(=O)N[C@@H](Cc2c[nH]c3ccccc23)C(=O)[O-])cc(C)c1Cl. The fraction of sp³-hybridized carbons (Fsp3) is 0.238. The number of carbonyl (C=O) groups is 2. The first kappa shape index (κ1) is 19.8. The van der Waals surface area contributed by atoms with Crippen LogP contribution in [0.15, 0.2) is 42.6 Å². The van der Waals surface area contributed by atoms with Gasteiger partial charge < -0.3 is 24.9 Å². The topological polar surface area (TPSA) is 94.2 Å². The Hall–Kier alpha value is -2.99. The van der Waals surface area contributed by atoms with Crippen LogP contribution >= 0.6 is 11.6 Å². The summed E-state index contributed by atoms with van der Waals surface area (Å²) in [6.07, 6.45) is 1.85. The van der Waals surface area contributed by atoms with Gasteiger partial charge in [0.1, 0.15) is 5.75 Å². The van der Waals surface area contributed by atoms with Crippen molar-refractivity contribution in [1.29, 1.82) is 0 Å². The molecule has 0 bridgehead atoms. The van der Waals surface area contributed by atoms with Gasteiger partial charge in [0.15, 0.2) is 6.61 Å². The number of rotatable bonds is 7. The Kier molecular flexibility index (Phi) is 5.90. The van der Waals surface area contributed by atoms with Gasteiger partial charge in [-0.15, -0.1) is 0 Å². The van der Waals surface area contributed by atoms with Gasteiger partial charge in [-0.25, -0.2) is 0 Å². The predicted molar refractivity (Wildman–Crippen MR) is 105 cm³/mol. The third-order valence-corrected chi connectivity index (χ3v) is 5.09. The van der Waals surface area contributed by atoms with E-state index in [0.717, 1.165) is 27.6 Å². The number of aliphatic carboxylic acids is 1. The Morgan fingerprint density at radius 3 is 2.57 bits per heavy atom. The number of hydrogen-bond donors (Lipinski definition) is 2. The van der Waals surface area contributed by atoms with Crippen molar-refractivity contribution in [2.24, 2.45) is 0 Å². The van der Waals surface area contributed by atoms with Gasteiger partial charge in [-0.3, -0.25) is 4.79 Å². The lowest BCUT2D eigenvalue weighted by atomic mass is 10.1. The van der Waals surface area contributed by atoms with E-state index in [2.05, 4.69) is 10.3 Å². The molecule has 1 atom stereocenters. The molecular weight excluding hydrogens is 380 g/mol. The zero-order valence-corrected chi connectivity index (χ0v) is 16.3. The summed E-state index contributed by atoms with van der Waals surface area (Å²) < 4.78 is 5.48. The van der Waals surface area contributed by atoms with Crippen molar-refractivity contribution in [3.63, 3.8) is 0 Å². The molecule has 3 aromatic rings. The minimum atomic E-state index is -1.35. The van der Waals surface area contributed by atoms with E-state index in [1.165, 1.54) is 0 Å². The van der Waals surface area contributed by atoms with Gasteiger partial charge in [-0.05, 0) is 48.7 Å². The molecule has 6 nitrogen and oxygen atoms in total. The molecule has 2 N–H and O–H groups in total. The van der Waals surface area contributed by atoms with Crippen LogP contribution in [0, 0.1) is 13.8 Å². The van der Waals surface area contributed by atoms with Crippen molar-refractivity contribution in [1.82, 2.24) is 10.3 Å². The normalized spacial score (nSPS) is 12.0. The largest absolute Gasteiger partial charge is 0.548 e. The summed E-state index contributed by atoms with van der Waals surface area (Å²) in [5.74, 6) is -1.40. The Morgan fingerprint density at radius 1 is 1.21 bits per heavy atom. The molecule has 2 aromatic carbocycles. The van der Waals surface area contributed by atoms with Crippen molar-refractivity contribution >= 4 is 34.4 Å². The van der Waals surface area contributed by atoms with Crippen LogP contribution in [0.1, 0.15) is 16.7 Å². The van der Waals surface area contributed by atoms with Gasteiger partial charge in [0.25, 0.3) is 5.91 Å². The number of aryl methyl sites for hydroxylation is 2. The van der Waals surface area contributed by atoms with Gasteiger partial charge in [0.2, 0.25) is 0 Å². The molecule has 146 valence electrons. The third kappa shape index (κ3) is 4.46. The molecule has 3 rings (SSSR count). The van der Waals surface area contributed by atoms with Crippen LogP contribution < -0.4 is 15.2 Å². The minimum absolute atomic E-state index is 0.108. The molecule has 0 saturated carbocycles. The van der Waals surface area contributed by atoms with E-state index in [9.17, 15) is 14.7 Å². The number of benzene rings is 2. The van der Waals surface area contributed by atoms with Gasteiger partial charge in [0, 0.05) is 28.5 Å². The molecule has 0 saturated heterocycles. The summed E-state index contributed by atoms with van der Waals surface area (Å²) in [5.41, 5.74) is 3.36. The number of fused-ring (bicyclic) bond motifs is 1. The average molecular weight is 400 g/mol. The fourth-order valence-electron chi connectivity index (χ4n) is 3.09. The zero-order chi connectivity index (χ0) is 20.3. The molecule has 0 aliphatic rings. The summed E-state index contributed by atoms with van der Waals surface area (Å²) >= 11 is 6.12. The van der Waals surface area contributed by atoms with Crippen LogP contribution in [-0.2, 0) is 16.0 Å². The van der Waals surface area contributed by atoms with Crippen LogP contribution in [0.2, 0.25) is 5.02 Å². The lowest BCUT2D eigenvalue weighted by Gasteiger charge is -2.20. The van der Waals surface area contributed by atoms with Gasteiger partial charge in [-0.2, -0.15) is 0 Å². The second kappa shape index (κ2) is 8.35. The molecular formula is C21H20ClN2O4-. The number of hydrogen-bond acceptors (Lipinski definition) is 4. The lowest BCUT2D eigenvalue weighted by molar-refractivity contribution is -0.308. The van der Waals surface area contributed by atoms with E-state index in [0.29, 0.717) is 10.8 Å². The number of halogens is 1. The maximum Gasteiger partial charge on any atom is 0.258 e. The van der Waals surface area contributed by atoms with Crippen molar-refractivity contribution in [2.75, 3.05) is 6.61 Å². The van der Waals surface area contributed by atoms with E-state index in [1.54, 1.807) is 18.3 Å².